The molecule has 23 heavy (non-hydrogen) atoms. The van der Waals surface area contributed by atoms with Crippen molar-refractivity contribution in [3.63, 3.8) is 0 Å². The average molecular weight is 320 g/mol. The Balaban J connectivity index is 1.81. The van der Waals surface area contributed by atoms with Gasteiger partial charge >= 0.3 is 6.09 Å². The van der Waals surface area contributed by atoms with Crippen molar-refractivity contribution in [3.05, 3.63) is 29.8 Å². The van der Waals surface area contributed by atoms with Crippen molar-refractivity contribution >= 4 is 6.09 Å². The number of hydrogen-bond donors (Lipinski definition) is 2. The molecule has 2 atom stereocenters. The Morgan fingerprint density at radius 1 is 1.35 bits per heavy atom. The highest BCUT2D eigenvalue weighted by atomic mass is 16.6. The summed E-state index contributed by atoms with van der Waals surface area (Å²) in [6.45, 7) is 9.22. The van der Waals surface area contributed by atoms with Crippen LogP contribution < -0.4 is 5.32 Å². The maximum Gasteiger partial charge on any atom is 0.410 e. The molecule has 0 spiro atoms. The standard InChI is InChI=1S/C18H28N2O3/c1-13-11-15(19-12-14-5-7-16(21)8-6-14)9-10-20(13)17(22)23-18(2,3)4/h5-8,13,15,19,21H,9-12H2,1-4H3. The van der Waals surface area contributed by atoms with Crippen LogP contribution in [0, 0.1) is 0 Å². The minimum Gasteiger partial charge on any atom is -0.508 e. The van der Waals surface area contributed by atoms with E-state index in [1.54, 1.807) is 12.1 Å². The number of carbonyl (C=O) groups is 1. The van der Waals surface area contributed by atoms with Crippen molar-refractivity contribution in [1.82, 2.24) is 10.2 Å². The molecule has 1 saturated heterocycles. The van der Waals surface area contributed by atoms with Gasteiger partial charge in [0.25, 0.3) is 0 Å². The lowest BCUT2D eigenvalue weighted by Crippen LogP contribution is -2.50. The molecular formula is C18H28N2O3. The molecular weight excluding hydrogens is 292 g/mol. The molecule has 128 valence electrons. The molecule has 5 heteroatoms. The Hall–Kier alpha value is -1.75. The van der Waals surface area contributed by atoms with Gasteiger partial charge in [-0.15, -0.1) is 0 Å². The maximum atomic E-state index is 12.2. The zero-order valence-corrected chi connectivity index (χ0v) is 14.5. The summed E-state index contributed by atoms with van der Waals surface area (Å²) in [5, 5.41) is 12.8. The summed E-state index contributed by atoms with van der Waals surface area (Å²) in [6, 6.07) is 7.78. The summed E-state index contributed by atoms with van der Waals surface area (Å²) in [5.74, 6) is 0.285. The van der Waals surface area contributed by atoms with Gasteiger partial charge in [0.05, 0.1) is 0 Å². The molecule has 0 radical (unpaired) electrons. The SMILES string of the molecule is CC1CC(NCc2ccc(O)cc2)CCN1C(=O)OC(C)(C)C. The van der Waals surface area contributed by atoms with E-state index in [-0.39, 0.29) is 17.9 Å². The number of piperidine rings is 1. The number of phenolic OH excluding ortho intramolecular Hbond substituents is 1. The van der Waals surface area contributed by atoms with Gasteiger partial charge in [0, 0.05) is 25.2 Å². The average Bonchev–Trinajstić information content (AvgIpc) is 2.45. The van der Waals surface area contributed by atoms with Crippen molar-refractivity contribution in [2.75, 3.05) is 6.54 Å². The number of ether oxygens (including phenoxy) is 1. The Morgan fingerprint density at radius 3 is 2.57 bits per heavy atom. The van der Waals surface area contributed by atoms with Crippen LogP contribution in [0.25, 0.3) is 0 Å². The van der Waals surface area contributed by atoms with E-state index in [9.17, 15) is 9.90 Å². The number of hydrogen-bond acceptors (Lipinski definition) is 4. The zero-order chi connectivity index (χ0) is 17.0. The number of nitrogens with one attached hydrogen (secondary N) is 1. The van der Waals surface area contributed by atoms with E-state index < -0.39 is 5.60 Å². The molecule has 1 aliphatic rings. The van der Waals surface area contributed by atoms with Crippen LogP contribution in [0.1, 0.15) is 46.1 Å². The Kier molecular flexibility index (Phi) is 5.52. The Bertz CT molecular complexity index is 522. The third-order valence-corrected chi connectivity index (χ3v) is 4.04. The Labute approximate surface area is 138 Å². The lowest BCUT2D eigenvalue weighted by molar-refractivity contribution is 0.00932. The molecule has 1 aromatic carbocycles. The van der Waals surface area contributed by atoms with Crippen LogP contribution in [-0.4, -0.2) is 40.3 Å². The van der Waals surface area contributed by atoms with E-state index in [0.29, 0.717) is 12.6 Å². The van der Waals surface area contributed by atoms with E-state index in [4.69, 9.17) is 4.74 Å². The van der Waals surface area contributed by atoms with Gasteiger partial charge in [-0.2, -0.15) is 0 Å². The molecule has 5 nitrogen and oxygen atoms in total. The molecule has 1 aliphatic heterocycles. The summed E-state index contributed by atoms with van der Waals surface area (Å²) in [6.07, 6.45) is 1.61. The van der Waals surface area contributed by atoms with Crippen LogP contribution >= 0.6 is 0 Å². The number of likely N-dealkylation sites (tertiary alicyclic amines) is 1. The number of rotatable bonds is 3. The molecule has 2 rings (SSSR count). The minimum absolute atomic E-state index is 0.163. The maximum absolute atomic E-state index is 12.2. The van der Waals surface area contributed by atoms with Crippen LogP contribution in [0.5, 0.6) is 5.75 Å². The topological polar surface area (TPSA) is 61.8 Å². The number of nitrogens with zero attached hydrogens (tertiary/aromatic N) is 1. The zero-order valence-electron chi connectivity index (χ0n) is 14.5. The molecule has 0 bridgehead atoms. The van der Waals surface area contributed by atoms with Crippen molar-refractivity contribution < 1.29 is 14.6 Å². The first-order valence-corrected chi connectivity index (χ1v) is 8.25. The fourth-order valence-corrected chi connectivity index (χ4v) is 2.83. The van der Waals surface area contributed by atoms with E-state index in [0.717, 1.165) is 24.9 Å². The molecule has 1 fully saturated rings. The van der Waals surface area contributed by atoms with E-state index >= 15 is 0 Å². The van der Waals surface area contributed by atoms with Crippen molar-refractivity contribution in [2.24, 2.45) is 0 Å². The van der Waals surface area contributed by atoms with Crippen molar-refractivity contribution in [3.8, 4) is 5.75 Å². The van der Waals surface area contributed by atoms with Gasteiger partial charge in [-0.3, -0.25) is 0 Å². The van der Waals surface area contributed by atoms with Crippen LogP contribution in [0.2, 0.25) is 0 Å². The fraction of sp³-hybridized carbons (Fsp3) is 0.611. The van der Waals surface area contributed by atoms with Gasteiger partial charge in [-0.05, 0) is 58.2 Å². The second kappa shape index (κ2) is 7.21. The summed E-state index contributed by atoms with van der Waals surface area (Å²) in [5.41, 5.74) is 0.690. The Morgan fingerprint density at radius 2 is 2.00 bits per heavy atom. The quantitative estimate of drug-likeness (QED) is 0.897. The molecule has 2 unspecified atom stereocenters. The van der Waals surface area contributed by atoms with E-state index in [1.165, 1.54) is 0 Å². The highest BCUT2D eigenvalue weighted by molar-refractivity contribution is 5.68. The second-order valence-electron chi connectivity index (χ2n) is 7.29. The third-order valence-electron chi connectivity index (χ3n) is 4.04. The van der Waals surface area contributed by atoms with Gasteiger partial charge < -0.3 is 20.1 Å². The van der Waals surface area contributed by atoms with Gasteiger partial charge in [-0.1, -0.05) is 12.1 Å². The number of carbonyl (C=O) groups excluding carboxylic acids is 1. The first-order valence-electron chi connectivity index (χ1n) is 8.25. The fourth-order valence-electron chi connectivity index (χ4n) is 2.83. The molecule has 0 saturated carbocycles. The lowest BCUT2D eigenvalue weighted by atomic mass is 9.98. The summed E-state index contributed by atoms with van der Waals surface area (Å²) < 4.78 is 5.47. The molecule has 1 heterocycles. The molecule has 1 aromatic rings. The first kappa shape index (κ1) is 17.6. The van der Waals surface area contributed by atoms with E-state index in [2.05, 4.69) is 12.2 Å². The predicted octanol–water partition coefficient (Wildman–Crippen LogP) is 3.27. The monoisotopic (exact) mass is 320 g/mol. The lowest BCUT2D eigenvalue weighted by Gasteiger charge is -2.38. The third kappa shape index (κ3) is 5.43. The van der Waals surface area contributed by atoms with Gasteiger partial charge in [0.1, 0.15) is 11.4 Å². The number of phenols is 1. The summed E-state index contributed by atoms with van der Waals surface area (Å²) in [7, 11) is 0. The molecule has 1 amide bonds. The van der Waals surface area contributed by atoms with Crippen LogP contribution in [-0.2, 0) is 11.3 Å². The van der Waals surface area contributed by atoms with E-state index in [1.807, 2.05) is 37.8 Å². The van der Waals surface area contributed by atoms with Crippen molar-refractivity contribution in [2.45, 2.75) is 64.8 Å². The van der Waals surface area contributed by atoms with Crippen LogP contribution in [0.4, 0.5) is 4.79 Å². The van der Waals surface area contributed by atoms with Gasteiger partial charge in [0.15, 0.2) is 0 Å². The predicted molar refractivity (Wildman–Crippen MR) is 90.4 cm³/mol. The van der Waals surface area contributed by atoms with Gasteiger partial charge in [0.2, 0.25) is 0 Å². The number of benzene rings is 1. The largest absolute Gasteiger partial charge is 0.508 e. The number of amides is 1. The molecule has 0 aromatic heterocycles. The highest BCUT2D eigenvalue weighted by Crippen LogP contribution is 2.21. The number of aromatic hydroxyl groups is 1. The van der Waals surface area contributed by atoms with Gasteiger partial charge in [-0.25, -0.2) is 4.79 Å². The normalized spacial score (nSPS) is 22.0. The second-order valence-corrected chi connectivity index (χ2v) is 7.29. The molecule has 2 N–H and O–H groups in total. The smallest absolute Gasteiger partial charge is 0.410 e. The summed E-state index contributed by atoms with van der Waals surface area (Å²) >= 11 is 0. The van der Waals surface area contributed by atoms with Crippen LogP contribution in [0.3, 0.4) is 0 Å². The first-order chi connectivity index (χ1) is 10.7. The van der Waals surface area contributed by atoms with Crippen LogP contribution in [0.15, 0.2) is 24.3 Å². The summed E-state index contributed by atoms with van der Waals surface area (Å²) in [4.78, 5) is 14.0. The van der Waals surface area contributed by atoms with Crippen molar-refractivity contribution in [1.29, 1.82) is 0 Å². The molecule has 0 aliphatic carbocycles. The highest BCUT2D eigenvalue weighted by Gasteiger charge is 2.31. The minimum atomic E-state index is -0.454.